The molecule has 0 radical (unpaired) electrons. The van der Waals surface area contributed by atoms with E-state index in [9.17, 15) is 17.9 Å². The van der Waals surface area contributed by atoms with Crippen molar-refractivity contribution in [1.29, 1.82) is 0 Å². The lowest BCUT2D eigenvalue weighted by molar-refractivity contribution is 0.0327. The fraction of sp³-hybridized carbons (Fsp3) is 0.900. The van der Waals surface area contributed by atoms with Crippen molar-refractivity contribution < 1.29 is 23.0 Å². The minimum absolute atomic E-state index is 0.00921. The zero-order chi connectivity index (χ0) is 50.1. The number of alkyl halides is 1. The summed E-state index contributed by atoms with van der Waals surface area (Å²) in [6, 6.07) is 0.00921. The first kappa shape index (κ1) is 69.7. The summed E-state index contributed by atoms with van der Waals surface area (Å²) in [6.45, 7) is 74.7. The summed E-state index contributed by atoms with van der Waals surface area (Å²) < 4.78 is 36.3. The molecule has 358 valence electrons. The minimum Gasteiger partial charge on any atom is -0.390 e. The number of hydrogen-bond acceptors (Lipinski definition) is 4. The lowest BCUT2D eigenvalue weighted by atomic mass is 9.92. The number of nitrogens with zero attached hydrogens (tertiary/aromatic N) is 3. The summed E-state index contributed by atoms with van der Waals surface area (Å²) in [5.41, 5.74) is -0.741. The van der Waals surface area contributed by atoms with E-state index in [4.69, 9.17) is 24.8 Å². The van der Waals surface area contributed by atoms with Gasteiger partial charge in [0.15, 0.2) is 0 Å². The van der Waals surface area contributed by atoms with Crippen LogP contribution < -0.4 is 4.72 Å². The van der Waals surface area contributed by atoms with Gasteiger partial charge in [-0.3, -0.25) is 0 Å². The Balaban J connectivity index is -0.000000139. The number of aliphatic hydroxyl groups is 2. The lowest BCUT2D eigenvalue weighted by Gasteiger charge is -2.21. The van der Waals surface area contributed by atoms with E-state index in [0.29, 0.717) is 35.5 Å². The van der Waals surface area contributed by atoms with Crippen LogP contribution >= 0.6 is 0 Å². The first-order chi connectivity index (χ1) is 26.4. The number of hydrogen-bond donors (Lipinski definition) is 3. The molecule has 0 aromatic heterocycles. The van der Waals surface area contributed by atoms with Crippen LogP contribution in [0.1, 0.15) is 206 Å². The Kier molecular flexibility index (Phi) is 35.9. The first-order valence-corrected chi connectivity index (χ1v) is 24.0. The molecular formula is C50H101FN4O4S. The summed E-state index contributed by atoms with van der Waals surface area (Å²) in [4.78, 5) is 10.5. The van der Waals surface area contributed by atoms with Gasteiger partial charge in [-0.25, -0.2) is 37.2 Å². The Morgan fingerprint density at radius 1 is 0.683 bits per heavy atom. The molecule has 3 N–H and O–H groups in total. The highest BCUT2D eigenvalue weighted by Gasteiger charge is 2.53. The van der Waals surface area contributed by atoms with E-state index in [-0.39, 0.29) is 39.9 Å². The van der Waals surface area contributed by atoms with Gasteiger partial charge in [0.1, 0.15) is 5.67 Å². The maximum atomic E-state index is 12.5. The van der Waals surface area contributed by atoms with E-state index in [1.807, 2.05) is 76.2 Å². The molecule has 0 unspecified atom stereocenters. The largest absolute Gasteiger partial charge is 0.390 e. The summed E-state index contributed by atoms with van der Waals surface area (Å²) >= 11 is 0. The molecule has 2 aliphatic carbocycles. The number of halogens is 1. The van der Waals surface area contributed by atoms with Crippen LogP contribution in [0.25, 0.3) is 14.5 Å². The van der Waals surface area contributed by atoms with Crippen LogP contribution in [0.15, 0.2) is 12.2 Å². The third kappa shape index (κ3) is 40.1. The third-order valence-electron chi connectivity index (χ3n) is 11.9. The molecule has 2 rings (SSSR count). The molecule has 10 heteroatoms. The van der Waals surface area contributed by atoms with E-state index in [1.54, 1.807) is 34.6 Å². The SMILES string of the molecule is C=C(C)C(C)C.CC(C)C(C)(C)F.CC(C)C(C)(C)O.CC(C)C1(O)CC1.CCS(=O)(=O)NC(C)C.[C-]#[N+]C(C)(C)C(C)C.[C-]#[N+]C(C)(C)C(C)C.[C-]#[N+]C1(C(C)C)CC1. The van der Waals surface area contributed by atoms with Crippen LogP contribution in [0.3, 0.4) is 0 Å². The molecule has 2 fully saturated rings. The smallest absolute Gasteiger partial charge is 0.235 e. The normalized spacial score (nSPS) is 14.9. The topological polar surface area (TPSA) is 99.7 Å². The van der Waals surface area contributed by atoms with Gasteiger partial charge < -0.3 is 24.7 Å². The molecule has 0 saturated heterocycles. The predicted molar refractivity (Wildman–Crippen MR) is 262 cm³/mol. The van der Waals surface area contributed by atoms with E-state index in [1.165, 1.54) is 5.57 Å². The Morgan fingerprint density at radius 2 is 0.967 bits per heavy atom. The van der Waals surface area contributed by atoms with Crippen molar-refractivity contribution >= 4 is 10.0 Å². The molecule has 8 nitrogen and oxygen atoms in total. The molecule has 60 heavy (non-hydrogen) atoms. The molecule has 0 amide bonds. The van der Waals surface area contributed by atoms with Gasteiger partial charge in [0.2, 0.25) is 26.6 Å². The molecule has 0 aromatic rings. The van der Waals surface area contributed by atoms with E-state index in [0.717, 1.165) is 25.7 Å². The second-order valence-electron chi connectivity index (χ2n) is 21.2. The highest BCUT2D eigenvalue weighted by molar-refractivity contribution is 7.89. The predicted octanol–water partition coefficient (Wildman–Crippen LogP) is 14.3. The first-order valence-electron chi connectivity index (χ1n) is 22.3. The van der Waals surface area contributed by atoms with Crippen LogP contribution in [0.4, 0.5) is 4.39 Å². The minimum atomic E-state index is -2.97. The van der Waals surface area contributed by atoms with Gasteiger partial charge in [-0.15, -0.1) is 0 Å². The van der Waals surface area contributed by atoms with Crippen LogP contribution in [-0.2, 0) is 10.0 Å². The van der Waals surface area contributed by atoms with Crippen molar-refractivity contribution in [3.63, 3.8) is 0 Å². The van der Waals surface area contributed by atoms with E-state index < -0.39 is 21.3 Å². The van der Waals surface area contributed by atoms with Gasteiger partial charge in [0.25, 0.3) is 0 Å². The van der Waals surface area contributed by atoms with Crippen LogP contribution in [0, 0.1) is 61.1 Å². The fourth-order valence-corrected chi connectivity index (χ4v) is 3.24. The highest BCUT2D eigenvalue weighted by atomic mass is 32.2. The molecule has 0 aromatic carbocycles. The van der Waals surface area contributed by atoms with Gasteiger partial charge in [0.05, 0.1) is 17.0 Å². The average molecular weight is 873 g/mol. The Hall–Kier alpha value is -2.03. The van der Waals surface area contributed by atoms with Gasteiger partial charge >= 0.3 is 0 Å². The number of nitrogens with one attached hydrogen (secondary N) is 1. The highest BCUT2D eigenvalue weighted by Crippen LogP contribution is 2.46. The standard InChI is InChI=1S/C7H11N.2C7H13N.C6H13F.C6H12O.C6H14O.C6H12.C5H13NO2S/c1-6(2)7(8-3)4-5-7;2*1-6(2)7(3,4)8-5;1-5(2)6(3,4)7;1-5(2)6(7)3-4-6;1-5(2)6(3,4)7;1-5(2)6(3)4;1-4-9(7,8)6-5(2)3/h6H,4-5H2,1-2H3;2*6H,1-4H3;5H,1-4H3;5,7H,3-4H2,1-2H3;5,7H,1-4H3;6H,1H2,2-4H3;5-6H,4H2,1-3H3. The molecule has 0 atom stereocenters. The Labute approximate surface area is 375 Å². The van der Waals surface area contributed by atoms with E-state index in [2.05, 4.69) is 95.1 Å². The van der Waals surface area contributed by atoms with Crippen molar-refractivity contribution in [3.8, 4) is 0 Å². The van der Waals surface area contributed by atoms with Crippen LogP contribution in [-0.4, -0.2) is 63.9 Å². The van der Waals surface area contributed by atoms with Crippen molar-refractivity contribution in [2.24, 2.45) is 41.4 Å². The van der Waals surface area contributed by atoms with Crippen molar-refractivity contribution in [2.75, 3.05) is 5.75 Å². The zero-order valence-electron chi connectivity index (χ0n) is 44.2. The molecule has 0 bridgehead atoms. The van der Waals surface area contributed by atoms with Crippen molar-refractivity contribution in [2.45, 2.75) is 245 Å². The lowest BCUT2D eigenvalue weighted by Crippen LogP contribution is -2.31. The van der Waals surface area contributed by atoms with Gasteiger partial charge in [-0.1, -0.05) is 109 Å². The summed E-state index contributed by atoms with van der Waals surface area (Å²) in [7, 11) is -2.97. The fourth-order valence-electron chi connectivity index (χ4n) is 2.35. The van der Waals surface area contributed by atoms with Crippen LogP contribution in [0.5, 0.6) is 0 Å². The Morgan fingerprint density at radius 3 is 0.983 bits per heavy atom. The Bertz CT molecular complexity index is 1260. The van der Waals surface area contributed by atoms with Gasteiger partial charge in [-0.2, -0.15) is 0 Å². The maximum Gasteiger partial charge on any atom is 0.235 e. The molecule has 0 aliphatic heterocycles. The summed E-state index contributed by atoms with van der Waals surface area (Å²) in [5, 5.41) is 18.3. The zero-order valence-corrected chi connectivity index (χ0v) is 45.0. The molecule has 2 saturated carbocycles. The quantitative estimate of drug-likeness (QED) is 0.150. The summed E-state index contributed by atoms with van der Waals surface area (Å²) in [5.74, 6) is 3.25. The second kappa shape index (κ2) is 30.9. The molecule has 0 heterocycles. The average Bonchev–Trinajstić information content (AvgIpc) is 4.02. The maximum absolute atomic E-state index is 12.5. The number of allylic oxidation sites excluding steroid dienone is 1. The van der Waals surface area contributed by atoms with E-state index >= 15 is 0 Å². The summed E-state index contributed by atoms with van der Waals surface area (Å²) in [6.07, 6.45) is 4.30. The molecule has 2 aliphatic rings. The van der Waals surface area contributed by atoms with Gasteiger partial charge in [-0.05, 0) is 91.9 Å². The van der Waals surface area contributed by atoms with Crippen LogP contribution in [0.2, 0.25) is 0 Å². The third-order valence-corrected chi connectivity index (χ3v) is 13.5. The molecule has 0 spiro atoms. The number of rotatable bonds is 10. The van der Waals surface area contributed by atoms with Crippen molar-refractivity contribution in [1.82, 2.24) is 4.72 Å². The van der Waals surface area contributed by atoms with Gasteiger partial charge in [0, 0.05) is 64.3 Å². The monoisotopic (exact) mass is 873 g/mol. The van der Waals surface area contributed by atoms with Crippen molar-refractivity contribution in [3.05, 3.63) is 46.4 Å². The second-order valence-corrected chi connectivity index (χ2v) is 23.2. The number of sulfonamides is 1. The molecular weight excluding hydrogens is 772 g/mol.